The Balaban J connectivity index is 1.83. The molecule has 0 heterocycles. The average Bonchev–Trinajstić information content (AvgIpc) is 3.04. The Hall–Kier alpha value is -1.15. The number of carbonyl (C=O) groups excluding carboxylic acids is 1. The molecule has 1 aromatic rings. The average molecular weight is 218 g/mol. The van der Waals surface area contributed by atoms with Crippen molar-refractivity contribution >= 4 is 6.29 Å². The van der Waals surface area contributed by atoms with Gasteiger partial charge in [0.25, 0.3) is 0 Å². The second-order valence-corrected chi connectivity index (χ2v) is 4.75. The van der Waals surface area contributed by atoms with Gasteiger partial charge >= 0.3 is 0 Å². The maximum absolute atomic E-state index is 10.2. The monoisotopic (exact) mass is 218 g/mol. The molecule has 0 radical (unpaired) electrons. The van der Waals surface area contributed by atoms with Crippen LogP contribution in [0.1, 0.15) is 36.8 Å². The quantitative estimate of drug-likeness (QED) is 0.744. The number of benzene rings is 1. The van der Waals surface area contributed by atoms with E-state index in [4.69, 9.17) is 0 Å². The number of hydrogen-bond acceptors (Lipinski definition) is 2. The standard InChI is InChI=1S/C14H18O2/c15-11-1-2-12-3-5-13(6-4-12)7-8-14(16)9-10-14/h3-6,11,16H,1-2,7-10H2. The van der Waals surface area contributed by atoms with E-state index in [1.807, 2.05) is 0 Å². The minimum Gasteiger partial charge on any atom is -0.390 e. The largest absolute Gasteiger partial charge is 0.390 e. The molecular weight excluding hydrogens is 200 g/mol. The Morgan fingerprint density at radius 2 is 1.69 bits per heavy atom. The van der Waals surface area contributed by atoms with Crippen LogP contribution in [0.15, 0.2) is 24.3 Å². The summed E-state index contributed by atoms with van der Waals surface area (Å²) in [6.45, 7) is 0. The molecule has 1 aliphatic carbocycles. The second-order valence-electron chi connectivity index (χ2n) is 4.75. The zero-order valence-electron chi connectivity index (χ0n) is 9.48. The van der Waals surface area contributed by atoms with Gasteiger partial charge in [-0.15, -0.1) is 0 Å². The molecule has 1 N–H and O–H groups in total. The summed E-state index contributed by atoms with van der Waals surface area (Å²) in [6, 6.07) is 8.36. The lowest BCUT2D eigenvalue weighted by Gasteiger charge is -2.07. The van der Waals surface area contributed by atoms with Crippen LogP contribution < -0.4 is 0 Å². The van der Waals surface area contributed by atoms with Gasteiger partial charge in [0, 0.05) is 6.42 Å². The molecule has 0 bridgehead atoms. The molecule has 2 nitrogen and oxygen atoms in total. The van der Waals surface area contributed by atoms with Gasteiger partial charge in [0.05, 0.1) is 5.60 Å². The van der Waals surface area contributed by atoms with Crippen LogP contribution in [0.4, 0.5) is 0 Å². The third-order valence-electron chi connectivity index (χ3n) is 3.28. The van der Waals surface area contributed by atoms with Crippen LogP contribution in [0, 0.1) is 0 Å². The van der Waals surface area contributed by atoms with E-state index >= 15 is 0 Å². The fourth-order valence-electron chi connectivity index (χ4n) is 1.87. The summed E-state index contributed by atoms with van der Waals surface area (Å²) in [4.78, 5) is 10.2. The zero-order chi connectivity index (χ0) is 11.4. The molecule has 0 aliphatic heterocycles. The van der Waals surface area contributed by atoms with E-state index in [1.165, 1.54) is 11.1 Å². The Morgan fingerprint density at radius 1 is 1.12 bits per heavy atom. The van der Waals surface area contributed by atoms with Gasteiger partial charge in [-0.25, -0.2) is 0 Å². The molecule has 0 amide bonds. The van der Waals surface area contributed by atoms with E-state index in [0.717, 1.165) is 38.4 Å². The predicted octanol–water partition coefficient (Wildman–Crippen LogP) is 2.28. The lowest BCUT2D eigenvalue weighted by molar-refractivity contribution is -0.107. The van der Waals surface area contributed by atoms with Gasteiger partial charge in [-0.1, -0.05) is 24.3 Å². The van der Waals surface area contributed by atoms with E-state index in [1.54, 1.807) is 0 Å². The van der Waals surface area contributed by atoms with Gasteiger partial charge in [-0.05, 0) is 43.2 Å². The Labute approximate surface area is 96.3 Å². The molecule has 0 aromatic heterocycles. The van der Waals surface area contributed by atoms with E-state index in [0.29, 0.717) is 6.42 Å². The van der Waals surface area contributed by atoms with E-state index in [-0.39, 0.29) is 5.60 Å². The normalized spacial score (nSPS) is 17.1. The lowest BCUT2D eigenvalue weighted by atomic mass is 10.0. The topological polar surface area (TPSA) is 37.3 Å². The van der Waals surface area contributed by atoms with Crippen LogP contribution in [0.5, 0.6) is 0 Å². The minimum atomic E-state index is -0.351. The molecule has 2 rings (SSSR count). The van der Waals surface area contributed by atoms with Crippen molar-refractivity contribution in [3.8, 4) is 0 Å². The molecule has 0 saturated heterocycles. The fraction of sp³-hybridized carbons (Fsp3) is 0.500. The lowest BCUT2D eigenvalue weighted by Crippen LogP contribution is -2.07. The van der Waals surface area contributed by atoms with Crippen LogP contribution in [0.3, 0.4) is 0 Å². The van der Waals surface area contributed by atoms with Crippen molar-refractivity contribution in [1.82, 2.24) is 0 Å². The van der Waals surface area contributed by atoms with Crippen molar-refractivity contribution in [3.63, 3.8) is 0 Å². The molecule has 1 saturated carbocycles. The first-order chi connectivity index (χ1) is 7.72. The highest BCUT2D eigenvalue weighted by molar-refractivity contribution is 5.50. The van der Waals surface area contributed by atoms with Crippen molar-refractivity contribution in [3.05, 3.63) is 35.4 Å². The van der Waals surface area contributed by atoms with Crippen molar-refractivity contribution in [1.29, 1.82) is 0 Å². The summed E-state index contributed by atoms with van der Waals surface area (Å²) >= 11 is 0. The van der Waals surface area contributed by atoms with Gasteiger partial charge in [0.2, 0.25) is 0 Å². The third-order valence-corrected chi connectivity index (χ3v) is 3.28. The summed E-state index contributed by atoms with van der Waals surface area (Å²) in [6.07, 6.45) is 6.13. The summed E-state index contributed by atoms with van der Waals surface area (Å²) in [7, 11) is 0. The van der Waals surface area contributed by atoms with Crippen molar-refractivity contribution in [2.45, 2.75) is 44.1 Å². The highest BCUT2D eigenvalue weighted by Crippen LogP contribution is 2.39. The fourth-order valence-corrected chi connectivity index (χ4v) is 1.87. The predicted molar refractivity (Wildman–Crippen MR) is 63.3 cm³/mol. The molecule has 0 atom stereocenters. The number of rotatable bonds is 6. The number of hydrogen-bond donors (Lipinski definition) is 1. The summed E-state index contributed by atoms with van der Waals surface area (Å²) in [5, 5.41) is 9.72. The highest BCUT2D eigenvalue weighted by Gasteiger charge is 2.39. The van der Waals surface area contributed by atoms with Gasteiger partial charge in [-0.3, -0.25) is 0 Å². The molecule has 0 spiro atoms. The number of aldehydes is 1. The molecule has 2 heteroatoms. The third kappa shape index (κ3) is 3.17. The molecular formula is C14H18O2. The van der Waals surface area contributed by atoms with Crippen molar-refractivity contribution in [2.75, 3.05) is 0 Å². The molecule has 1 fully saturated rings. The van der Waals surface area contributed by atoms with Gasteiger partial charge in [-0.2, -0.15) is 0 Å². The SMILES string of the molecule is O=CCCc1ccc(CCC2(O)CC2)cc1. The van der Waals surface area contributed by atoms with Gasteiger partial charge in [0.1, 0.15) is 6.29 Å². The summed E-state index contributed by atoms with van der Waals surface area (Å²) < 4.78 is 0. The van der Waals surface area contributed by atoms with Crippen LogP contribution in [0.2, 0.25) is 0 Å². The highest BCUT2D eigenvalue weighted by atomic mass is 16.3. The molecule has 0 unspecified atom stereocenters. The number of aliphatic hydroxyl groups is 1. The first kappa shape index (κ1) is 11.3. The van der Waals surface area contributed by atoms with Crippen LogP contribution in [0.25, 0.3) is 0 Å². The van der Waals surface area contributed by atoms with E-state index in [9.17, 15) is 9.90 Å². The zero-order valence-corrected chi connectivity index (χ0v) is 9.48. The Bertz CT molecular complexity index is 350. The molecule has 1 aromatic carbocycles. The first-order valence-corrected chi connectivity index (χ1v) is 5.96. The summed E-state index contributed by atoms with van der Waals surface area (Å²) in [5.41, 5.74) is 2.13. The maximum atomic E-state index is 10.2. The number of aryl methyl sites for hydroxylation is 2. The van der Waals surface area contributed by atoms with Crippen LogP contribution >= 0.6 is 0 Å². The summed E-state index contributed by atoms with van der Waals surface area (Å²) in [5.74, 6) is 0. The van der Waals surface area contributed by atoms with E-state index in [2.05, 4.69) is 24.3 Å². The minimum absolute atomic E-state index is 0.351. The Kier molecular flexibility index (Phi) is 3.39. The molecule has 16 heavy (non-hydrogen) atoms. The van der Waals surface area contributed by atoms with Crippen molar-refractivity contribution in [2.24, 2.45) is 0 Å². The van der Waals surface area contributed by atoms with E-state index < -0.39 is 0 Å². The Morgan fingerprint density at radius 3 is 2.19 bits per heavy atom. The van der Waals surface area contributed by atoms with Gasteiger partial charge in [0.15, 0.2) is 0 Å². The van der Waals surface area contributed by atoms with Crippen molar-refractivity contribution < 1.29 is 9.90 Å². The molecule has 86 valence electrons. The maximum Gasteiger partial charge on any atom is 0.120 e. The number of carbonyl (C=O) groups is 1. The smallest absolute Gasteiger partial charge is 0.120 e. The van der Waals surface area contributed by atoms with Crippen LogP contribution in [-0.4, -0.2) is 17.0 Å². The molecule has 1 aliphatic rings. The second kappa shape index (κ2) is 4.79. The van der Waals surface area contributed by atoms with Crippen LogP contribution in [-0.2, 0) is 17.6 Å². The first-order valence-electron chi connectivity index (χ1n) is 5.96. The van der Waals surface area contributed by atoms with Gasteiger partial charge < -0.3 is 9.90 Å².